The average molecular weight is 588 g/mol. The number of para-hydroxylation sites is 1. The van der Waals surface area contributed by atoms with Crippen molar-refractivity contribution in [1.29, 1.82) is 0 Å². The maximum absolute atomic E-state index is 15.6. The molecule has 0 spiro atoms. The third kappa shape index (κ3) is 6.24. The predicted molar refractivity (Wildman–Crippen MR) is 138 cm³/mol. The van der Waals surface area contributed by atoms with Crippen LogP contribution in [-0.2, 0) is 23.4 Å². The van der Waals surface area contributed by atoms with Gasteiger partial charge in [0.25, 0.3) is 5.13 Å². The summed E-state index contributed by atoms with van der Waals surface area (Å²) in [7, 11) is -4.33. The molecule has 2 aromatic heterocycles. The highest BCUT2D eigenvalue weighted by atomic mass is 35.5. The van der Waals surface area contributed by atoms with E-state index in [0.717, 1.165) is 10.9 Å². The number of nitrogens with zero attached hydrogens (tertiary/aromatic N) is 4. The monoisotopic (exact) mass is 587 g/mol. The first-order chi connectivity index (χ1) is 18.3. The van der Waals surface area contributed by atoms with Crippen molar-refractivity contribution in [3.05, 3.63) is 36.7 Å². The van der Waals surface area contributed by atoms with Crippen LogP contribution in [0.25, 0.3) is 11.2 Å². The number of halogens is 2. The molecule has 0 aliphatic carbocycles. The van der Waals surface area contributed by atoms with Crippen LogP contribution in [0.3, 0.4) is 0 Å². The fraction of sp³-hybridized carbons (Fsp3) is 0.455. The molecule has 1 aliphatic heterocycles. The molecule has 0 amide bonds. The van der Waals surface area contributed by atoms with Crippen molar-refractivity contribution in [3.8, 4) is 5.75 Å². The minimum absolute atomic E-state index is 0.0127. The van der Waals surface area contributed by atoms with E-state index in [4.69, 9.17) is 41.6 Å². The number of alkyl halides is 2. The number of imidazole rings is 1. The summed E-state index contributed by atoms with van der Waals surface area (Å²) in [5.74, 6) is -0.808. The number of rotatable bonds is 10. The summed E-state index contributed by atoms with van der Waals surface area (Å²) in [4.78, 5) is 24.2. The minimum Gasteiger partial charge on any atom is -0.462 e. The molecule has 17 heteroatoms. The van der Waals surface area contributed by atoms with Gasteiger partial charge in [-0.2, -0.15) is 15.1 Å². The number of hydrogen-bond donors (Lipinski definition) is 4. The van der Waals surface area contributed by atoms with Crippen LogP contribution in [0.4, 0.5) is 16.2 Å². The number of nitrogens with two attached hydrogens (primary N) is 2. The van der Waals surface area contributed by atoms with E-state index in [-0.39, 0.29) is 28.7 Å². The third-order valence-corrected chi connectivity index (χ3v) is 7.59. The number of fused-ring (bicyclic) bond motifs is 1. The van der Waals surface area contributed by atoms with Gasteiger partial charge in [-0.3, -0.25) is 13.9 Å². The van der Waals surface area contributed by atoms with Crippen LogP contribution in [0, 0.1) is 0 Å². The van der Waals surface area contributed by atoms with Gasteiger partial charge in [-0.25, -0.2) is 13.9 Å². The molecule has 1 saturated heterocycles. The number of benzene rings is 1. The molecule has 6 atom stereocenters. The van der Waals surface area contributed by atoms with E-state index in [1.807, 2.05) is 0 Å². The summed E-state index contributed by atoms with van der Waals surface area (Å²) in [5.41, 5.74) is 11.6. The van der Waals surface area contributed by atoms with Gasteiger partial charge in [-0.1, -0.05) is 29.8 Å². The number of aromatic nitrogens is 4. The molecule has 212 valence electrons. The number of nitrogen functional groups attached to an aromatic ring is 2. The molecular weight excluding hydrogens is 560 g/mol. The SMILES string of the molecule is CC(C)OC(=O)[C@@H](C)NP(=O)(OC[C@H]1O[C@@H](n2cnc3c(N)nc(N)nc32)[C@](F)(Cl)[C@@H]1O)Oc1ccccc1. The molecule has 1 aliphatic rings. The van der Waals surface area contributed by atoms with Crippen molar-refractivity contribution >= 4 is 48.2 Å². The zero-order chi connectivity index (χ0) is 28.5. The Kier molecular flexibility index (Phi) is 8.30. The maximum Gasteiger partial charge on any atom is 0.459 e. The molecule has 0 saturated carbocycles. The van der Waals surface area contributed by atoms with E-state index in [9.17, 15) is 14.5 Å². The van der Waals surface area contributed by atoms with Gasteiger partial charge in [0.1, 0.15) is 29.5 Å². The summed E-state index contributed by atoms with van der Waals surface area (Å²) in [6, 6.07) is 6.89. The largest absolute Gasteiger partial charge is 0.462 e. The molecule has 3 heterocycles. The van der Waals surface area contributed by atoms with Gasteiger partial charge in [0.15, 0.2) is 17.7 Å². The fourth-order valence-electron chi connectivity index (χ4n) is 3.74. The number of carbonyl (C=O) groups excluding carboxylic acids is 1. The summed E-state index contributed by atoms with van der Waals surface area (Å²) in [6.45, 7) is 4.06. The van der Waals surface area contributed by atoms with Crippen LogP contribution in [0.5, 0.6) is 5.75 Å². The van der Waals surface area contributed by atoms with Gasteiger partial charge >= 0.3 is 13.7 Å². The van der Waals surface area contributed by atoms with Gasteiger partial charge in [0.2, 0.25) is 5.95 Å². The molecule has 0 radical (unpaired) electrons. The van der Waals surface area contributed by atoms with Crippen molar-refractivity contribution in [2.24, 2.45) is 0 Å². The molecule has 1 aromatic carbocycles. The molecule has 1 fully saturated rings. The highest BCUT2D eigenvalue weighted by molar-refractivity contribution is 7.52. The Morgan fingerprint density at radius 2 is 2.00 bits per heavy atom. The minimum atomic E-state index is -4.33. The molecule has 0 bridgehead atoms. The van der Waals surface area contributed by atoms with Crippen LogP contribution < -0.4 is 21.1 Å². The Labute approximate surface area is 227 Å². The number of hydrogen-bond acceptors (Lipinski definition) is 12. The highest BCUT2D eigenvalue weighted by Gasteiger charge is 2.58. The Hall–Kier alpha value is -3.07. The van der Waals surface area contributed by atoms with E-state index < -0.39 is 56.0 Å². The molecule has 1 unspecified atom stereocenters. The summed E-state index contributed by atoms with van der Waals surface area (Å²) >= 11 is 6.08. The number of carbonyl (C=O) groups is 1. The van der Waals surface area contributed by atoms with Gasteiger partial charge in [-0.15, -0.1) is 0 Å². The normalized spacial score (nSPS) is 25.5. The lowest BCUT2D eigenvalue weighted by molar-refractivity contribution is -0.149. The number of ether oxygens (including phenoxy) is 2. The molecular formula is C22H28ClFN7O7P. The standard InChI is InChI=1S/C22H28ClFN7O7P/c1-11(2)36-19(33)12(3)30-39(34,38-13-7-5-4-6-8-13)35-9-14-16(32)22(23,24)20(37-14)31-10-27-15-17(25)28-21(26)29-18(15)31/h4-8,10-12,14,16,20,32H,9H2,1-3H3,(H,30,34)(H4,25,26,28,29)/t12-,14-,16-,20-,22+,39?/m1/s1. The first-order valence-corrected chi connectivity index (χ1v) is 13.7. The number of aliphatic hydroxyl groups is 1. The third-order valence-electron chi connectivity index (χ3n) is 5.53. The van der Waals surface area contributed by atoms with E-state index in [2.05, 4.69) is 20.0 Å². The summed E-state index contributed by atoms with van der Waals surface area (Å²) < 4.78 is 52.3. The van der Waals surface area contributed by atoms with Crippen LogP contribution in [0.15, 0.2) is 36.7 Å². The summed E-state index contributed by atoms with van der Waals surface area (Å²) in [6.07, 6.45) is -4.35. The quantitative estimate of drug-likeness (QED) is 0.153. The van der Waals surface area contributed by atoms with Gasteiger partial charge in [0, 0.05) is 0 Å². The lowest BCUT2D eigenvalue weighted by Crippen LogP contribution is -2.40. The van der Waals surface area contributed by atoms with E-state index >= 15 is 4.39 Å². The first kappa shape index (κ1) is 28.9. The maximum atomic E-state index is 15.6. The van der Waals surface area contributed by atoms with Crippen LogP contribution in [0.1, 0.15) is 27.0 Å². The van der Waals surface area contributed by atoms with Crippen molar-refractivity contribution in [2.45, 2.75) is 56.5 Å². The van der Waals surface area contributed by atoms with Crippen LogP contribution in [-0.4, -0.2) is 66.7 Å². The van der Waals surface area contributed by atoms with Crippen LogP contribution >= 0.6 is 19.3 Å². The van der Waals surface area contributed by atoms with Gasteiger partial charge in [-0.05, 0) is 32.9 Å². The lowest BCUT2D eigenvalue weighted by Gasteiger charge is -2.25. The van der Waals surface area contributed by atoms with Crippen molar-refractivity contribution in [2.75, 3.05) is 18.1 Å². The molecule has 39 heavy (non-hydrogen) atoms. The molecule has 3 aromatic rings. The number of nitrogens with one attached hydrogen (secondary N) is 1. The van der Waals surface area contributed by atoms with E-state index in [0.29, 0.717) is 0 Å². The van der Waals surface area contributed by atoms with E-state index in [1.165, 1.54) is 19.1 Å². The zero-order valence-corrected chi connectivity index (χ0v) is 22.8. The van der Waals surface area contributed by atoms with E-state index in [1.54, 1.807) is 32.0 Å². The zero-order valence-electron chi connectivity index (χ0n) is 21.1. The van der Waals surface area contributed by atoms with Crippen molar-refractivity contribution < 1.29 is 37.4 Å². The lowest BCUT2D eigenvalue weighted by atomic mass is 10.1. The number of aliphatic hydroxyl groups excluding tert-OH is 1. The Morgan fingerprint density at radius 3 is 2.67 bits per heavy atom. The smallest absolute Gasteiger partial charge is 0.459 e. The summed E-state index contributed by atoms with van der Waals surface area (Å²) in [5, 5.41) is 10.3. The predicted octanol–water partition coefficient (Wildman–Crippen LogP) is 2.29. The molecule has 14 nitrogen and oxygen atoms in total. The Balaban J connectivity index is 1.55. The fourth-order valence-corrected chi connectivity index (χ4v) is 5.54. The van der Waals surface area contributed by atoms with Crippen molar-refractivity contribution in [3.63, 3.8) is 0 Å². The topological polar surface area (TPSA) is 199 Å². The van der Waals surface area contributed by atoms with Gasteiger partial charge in [0.05, 0.1) is 19.0 Å². The number of anilines is 2. The van der Waals surface area contributed by atoms with Gasteiger partial charge < -0.3 is 30.6 Å². The Morgan fingerprint density at radius 1 is 1.31 bits per heavy atom. The molecule has 4 rings (SSSR count). The van der Waals surface area contributed by atoms with Crippen LogP contribution in [0.2, 0.25) is 0 Å². The number of esters is 1. The van der Waals surface area contributed by atoms with Crippen molar-refractivity contribution in [1.82, 2.24) is 24.6 Å². The Bertz CT molecular complexity index is 1380. The second-order valence-electron chi connectivity index (χ2n) is 8.97. The first-order valence-electron chi connectivity index (χ1n) is 11.7. The second-order valence-corrected chi connectivity index (χ2v) is 11.2. The molecule has 6 N–H and O–H groups in total. The highest BCUT2D eigenvalue weighted by Crippen LogP contribution is 2.49. The average Bonchev–Trinajstić information content (AvgIpc) is 3.36. The second kappa shape index (κ2) is 11.2.